The maximum atomic E-state index is 13.2. The number of nitrogens with zero attached hydrogens (tertiary/aromatic N) is 4. The molecule has 2 bridgehead atoms. The number of piperidine rings is 2. The fourth-order valence-corrected chi connectivity index (χ4v) is 5.40. The average Bonchev–Trinajstić information content (AvgIpc) is 3.27. The number of carbonyl (C=O) groups excluding carboxylic acids is 1. The molecule has 2 aromatic rings. The molecule has 1 N–H and O–H groups in total. The van der Waals surface area contributed by atoms with E-state index < -0.39 is 0 Å². The Balaban J connectivity index is 1.34. The Hall–Kier alpha value is -2.45. The van der Waals surface area contributed by atoms with E-state index >= 15 is 0 Å². The van der Waals surface area contributed by atoms with Gasteiger partial charge in [-0.25, -0.2) is 4.98 Å². The molecule has 3 aliphatic heterocycles. The van der Waals surface area contributed by atoms with Crippen molar-refractivity contribution >= 4 is 5.91 Å². The van der Waals surface area contributed by atoms with Crippen LogP contribution >= 0.6 is 0 Å². The number of hydrogen-bond donors (Lipinski definition) is 1. The lowest BCUT2D eigenvalue weighted by atomic mass is 9.83. The number of imidazole rings is 1. The molecule has 3 aliphatic rings. The van der Waals surface area contributed by atoms with Crippen molar-refractivity contribution in [3.05, 3.63) is 52.0 Å². The van der Waals surface area contributed by atoms with Crippen molar-refractivity contribution in [2.75, 3.05) is 33.3 Å². The number of fused-ring (bicyclic) bond motifs is 4. The summed E-state index contributed by atoms with van der Waals surface area (Å²) in [6.07, 6.45) is 6.60. The first-order chi connectivity index (χ1) is 14.6. The van der Waals surface area contributed by atoms with Crippen molar-refractivity contribution in [1.29, 1.82) is 0 Å². The quantitative estimate of drug-likeness (QED) is 0.823. The highest BCUT2D eigenvalue weighted by molar-refractivity contribution is 5.94. The van der Waals surface area contributed by atoms with Gasteiger partial charge in [-0.15, -0.1) is 0 Å². The number of aromatic amines is 1. The van der Waals surface area contributed by atoms with Gasteiger partial charge in [0.05, 0.1) is 12.6 Å². The predicted octanol–water partition coefficient (Wildman–Crippen LogP) is 1.44. The van der Waals surface area contributed by atoms with Crippen LogP contribution in [-0.4, -0.2) is 69.6 Å². The van der Waals surface area contributed by atoms with Crippen LogP contribution in [0.3, 0.4) is 0 Å². The molecule has 0 spiro atoms. The number of carbonyl (C=O) groups is 1. The van der Waals surface area contributed by atoms with Crippen molar-refractivity contribution in [3.8, 4) is 0 Å². The van der Waals surface area contributed by atoms with Gasteiger partial charge in [0.2, 0.25) is 0 Å². The molecule has 0 aliphatic carbocycles. The number of H-pyrrole nitrogens is 1. The second-order valence-corrected chi connectivity index (χ2v) is 8.84. The van der Waals surface area contributed by atoms with E-state index in [1.165, 1.54) is 0 Å². The molecular weight excluding hydrogens is 382 g/mol. The zero-order valence-electron chi connectivity index (χ0n) is 17.4. The Morgan fingerprint density at radius 2 is 2.07 bits per heavy atom. The smallest absolute Gasteiger partial charge is 0.263 e. The van der Waals surface area contributed by atoms with Gasteiger partial charge in [-0.2, -0.15) is 0 Å². The van der Waals surface area contributed by atoms with Gasteiger partial charge in [-0.05, 0) is 37.3 Å². The van der Waals surface area contributed by atoms with Crippen LogP contribution in [0.5, 0.6) is 0 Å². The molecule has 0 aromatic carbocycles. The molecular formula is C22H29N5O3. The largest absolute Gasteiger partial charge is 0.381 e. The Morgan fingerprint density at radius 1 is 1.23 bits per heavy atom. The highest BCUT2D eigenvalue weighted by Gasteiger charge is 2.36. The number of ether oxygens (including phenoxy) is 1. The molecule has 0 unspecified atom stereocenters. The summed E-state index contributed by atoms with van der Waals surface area (Å²) in [6, 6.07) is 3.76. The van der Waals surface area contributed by atoms with Gasteiger partial charge < -0.3 is 19.2 Å². The highest BCUT2D eigenvalue weighted by atomic mass is 16.5. The summed E-state index contributed by atoms with van der Waals surface area (Å²) in [4.78, 5) is 38.0. The molecule has 0 saturated carbocycles. The third kappa shape index (κ3) is 3.58. The molecule has 5 heterocycles. The summed E-state index contributed by atoms with van der Waals surface area (Å²) in [5.41, 5.74) is 1.25. The van der Waals surface area contributed by atoms with Crippen molar-refractivity contribution < 1.29 is 9.53 Å². The van der Waals surface area contributed by atoms with Gasteiger partial charge in [-0.1, -0.05) is 0 Å². The van der Waals surface area contributed by atoms with Crippen LogP contribution in [0.2, 0.25) is 0 Å². The summed E-state index contributed by atoms with van der Waals surface area (Å²) >= 11 is 0. The monoisotopic (exact) mass is 411 g/mol. The number of nitrogens with one attached hydrogen (secondary N) is 1. The molecule has 2 fully saturated rings. The predicted molar refractivity (Wildman–Crippen MR) is 111 cm³/mol. The summed E-state index contributed by atoms with van der Waals surface area (Å²) in [5, 5.41) is 0. The van der Waals surface area contributed by atoms with Crippen LogP contribution < -0.4 is 5.56 Å². The van der Waals surface area contributed by atoms with Crippen molar-refractivity contribution in [3.63, 3.8) is 0 Å². The van der Waals surface area contributed by atoms with Gasteiger partial charge >= 0.3 is 0 Å². The van der Waals surface area contributed by atoms with Crippen LogP contribution in [0.25, 0.3) is 0 Å². The van der Waals surface area contributed by atoms with E-state index in [0.29, 0.717) is 37.0 Å². The molecule has 8 nitrogen and oxygen atoms in total. The van der Waals surface area contributed by atoms with Gasteiger partial charge in [0.1, 0.15) is 11.4 Å². The second-order valence-electron chi connectivity index (χ2n) is 8.84. The van der Waals surface area contributed by atoms with Crippen LogP contribution in [0.15, 0.2) is 29.3 Å². The highest BCUT2D eigenvalue weighted by Crippen LogP contribution is 2.35. The fraction of sp³-hybridized carbons (Fsp3) is 0.591. The maximum Gasteiger partial charge on any atom is 0.263 e. The molecule has 1 amide bonds. The maximum absolute atomic E-state index is 13.2. The van der Waals surface area contributed by atoms with E-state index in [4.69, 9.17) is 4.74 Å². The molecule has 8 heteroatoms. The third-order valence-electron chi connectivity index (χ3n) is 6.90. The van der Waals surface area contributed by atoms with E-state index in [-0.39, 0.29) is 17.6 Å². The lowest BCUT2D eigenvalue weighted by Crippen LogP contribution is -2.48. The number of hydrogen-bond acceptors (Lipinski definition) is 5. The molecule has 0 radical (unpaired) electrons. The minimum Gasteiger partial charge on any atom is -0.381 e. The lowest BCUT2D eigenvalue weighted by Gasteiger charge is -2.42. The first-order valence-corrected chi connectivity index (χ1v) is 10.9. The molecule has 5 rings (SSSR count). The number of pyridine rings is 1. The Labute approximate surface area is 175 Å². The van der Waals surface area contributed by atoms with E-state index in [2.05, 4.69) is 14.9 Å². The first-order valence-electron chi connectivity index (χ1n) is 10.9. The van der Waals surface area contributed by atoms with Crippen molar-refractivity contribution in [2.45, 2.75) is 44.4 Å². The number of likely N-dealkylation sites (tertiary alicyclic amines) is 2. The van der Waals surface area contributed by atoms with Gasteiger partial charge in [0.25, 0.3) is 11.5 Å². The average molecular weight is 412 g/mol. The van der Waals surface area contributed by atoms with Crippen LogP contribution in [0.1, 0.15) is 47.1 Å². The summed E-state index contributed by atoms with van der Waals surface area (Å²) in [6.45, 7) is 4.64. The lowest BCUT2D eigenvalue weighted by molar-refractivity contribution is 0.0349. The summed E-state index contributed by atoms with van der Waals surface area (Å²) in [7, 11) is 1.71. The Kier molecular flexibility index (Phi) is 5.20. The van der Waals surface area contributed by atoms with E-state index in [9.17, 15) is 9.59 Å². The number of amides is 1. The first kappa shape index (κ1) is 19.5. The number of rotatable bonds is 4. The van der Waals surface area contributed by atoms with Gasteiger partial charge in [0.15, 0.2) is 0 Å². The molecule has 2 aromatic heterocycles. The topological polar surface area (TPSA) is 83.5 Å². The van der Waals surface area contributed by atoms with Crippen molar-refractivity contribution in [2.24, 2.45) is 5.92 Å². The fourth-order valence-electron chi connectivity index (χ4n) is 5.40. The van der Waals surface area contributed by atoms with Crippen LogP contribution in [0.4, 0.5) is 0 Å². The van der Waals surface area contributed by atoms with Gasteiger partial charge in [-0.3, -0.25) is 14.5 Å². The minimum atomic E-state index is -0.139. The number of methoxy groups -OCH3 is 1. The second kappa shape index (κ2) is 8.00. The molecule has 160 valence electrons. The zero-order valence-corrected chi connectivity index (χ0v) is 17.4. The third-order valence-corrected chi connectivity index (χ3v) is 6.90. The number of aromatic nitrogens is 3. The van der Waals surface area contributed by atoms with Crippen molar-refractivity contribution in [1.82, 2.24) is 24.3 Å². The Morgan fingerprint density at radius 3 is 2.80 bits per heavy atom. The normalized spacial score (nSPS) is 24.6. The molecule has 2 atom stereocenters. The van der Waals surface area contributed by atoms with Crippen LogP contribution in [-0.2, 0) is 17.8 Å². The van der Waals surface area contributed by atoms with Gasteiger partial charge in [0, 0.05) is 63.8 Å². The van der Waals surface area contributed by atoms with E-state index in [1.807, 2.05) is 16.8 Å². The molecule has 30 heavy (non-hydrogen) atoms. The van der Waals surface area contributed by atoms with Crippen LogP contribution in [0, 0.1) is 5.92 Å². The summed E-state index contributed by atoms with van der Waals surface area (Å²) in [5.74, 6) is 1.58. The Bertz CT molecular complexity index is 962. The minimum absolute atomic E-state index is 0.124. The molecule has 2 saturated heterocycles. The standard InChI is InChI=1S/C22H29N5O3/c1-30-17-4-8-26(9-5-17)21(28)18-2-3-19-16-10-15(12-27(19)22(18)29)11-25(13-16)14-20-23-6-7-24-20/h2-3,6-7,15-17H,4-5,8-14H2,1H3,(H,23,24)/t15-,16+/m0/s1. The zero-order chi connectivity index (χ0) is 20.7. The summed E-state index contributed by atoms with van der Waals surface area (Å²) < 4.78 is 7.27. The SMILES string of the molecule is COC1CCN(C(=O)c2ccc3n(c2=O)C[C@H]2C[C@@H]3CN(Cc3ncc[nH]3)C2)CC1. The van der Waals surface area contributed by atoms with E-state index in [1.54, 1.807) is 24.3 Å². The van der Waals surface area contributed by atoms with E-state index in [0.717, 1.165) is 50.4 Å².